The normalized spacial score (nSPS) is 12.3. The first-order valence-electron chi connectivity index (χ1n) is 8.95. The van der Waals surface area contributed by atoms with Crippen molar-refractivity contribution in [3.8, 4) is 5.69 Å². The van der Waals surface area contributed by atoms with Crippen LogP contribution in [0.15, 0.2) is 75.1 Å². The van der Waals surface area contributed by atoms with Crippen molar-refractivity contribution in [1.29, 1.82) is 0 Å². The molecule has 0 aliphatic heterocycles. The van der Waals surface area contributed by atoms with Crippen LogP contribution < -0.4 is 5.43 Å². The molecule has 0 saturated heterocycles. The first kappa shape index (κ1) is 20.4. The van der Waals surface area contributed by atoms with Gasteiger partial charge in [-0.15, -0.1) is 11.8 Å². The molecule has 1 atom stereocenters. The van der Waals surface area contributed by atoms with Crippen molar-refractivity contribution in [2.24, 2.45) is 5.10 Å². The second-order valence-corrected chi connectivity index (χ2v) is 8.78. The van der Waals surface area contributed by atoms with E-state index >= 15 is 0 Å². The molecule has 0 radical (unpaired) electrons. The van der Waals surface area contributed by atoms with Gasteiger partial charge in [-0.25, -0.2) is 5.43 Å². The molecule has 0 aliphatic rings. The summed E-state index contributed by atoms with van der Waals surface area (Å²) in [4.78, 5) is 13.4. The molecule has 2 aromatic carbocycles. The number of carbonyl (C=O) groups is 1. The second-order valence-electron chi connectivity index (χ2n) is 6.45. The zero-order valence-corrected chi connectivity index (χ0v) is 18.4. The summed E-state index contributed by atoms with van der Waals surface area (Å²) in [5, 5.41) is 3.94. The molecule has 6 heteroatoms. The summed E-state index contributed by atoms with van der Waals surface area (Å²) in [7, 11) is 0. The Balaban J connectivity index is 1.68. The maximum atomic E-state index is 12.3. The van der Waals surface area contributed by atoms with Crippen LogP contribution in [0.2, 0.25) is 0 Å². The molecular formula is C22H22BrN3OS. The summed E-state index contributed by atoms with van der Waals surface area (Å²) >= 11 is 5.03. The molecule has 28 heavy (non-hydrogen) atoms. The topological polar surface area (TPSA) is 46.4 Å². The molecule has 4 nitrogen and oxygen atoms in total. The third-order valence-corrected chi connectivity index (χ3v) is 5.95. The molecule has 3 rings (SSSR count). The average molecular weight is 456 g/mol. The monoisotopic (exact) mass is 455 g/mol. The predicted octanol–water partition coefficient (Wildman–Crippen LogP) is 5.49. The summed E-state index contributed by atoms with van der Waals surface area (Å²) in [6.45, 7) is 5.98. The van der Waals surface area contributed by atoms with E-state index in [0.29, 0.717) is 0 Å². The quantitative estimate of drug-likeness (QED) is 0.303. The minimum absolute atomic E-state index is 0.120. The number of benzene rings is 2. The fourth-order valence-electron chi connectivity index (χ4n) is 2.94. The molecule has 0 spiro atoms. The van der Waals surface area contributed by atoms with Crippen molar-refractivity contribution < 1.29 is 4.79 Å². The van der Waals surface area contributed by atoms with E-state index in [1.165, 1.54) is 11.8 Å². The van der Waals surface area contributed by atoms with Crippen LogP contribution in [0.5, 0.6) is 0 Å². The van der Waals surface area contributed by atoms with Crippen LogP contribution in [0, 0.1) is 13.8 Å². The number of hydrogen-bond donors (Lipinski definition) is 1. The molecule has 1 heterocycles. The van der Waals surface area contributed by atoms with Gasteiger partial charge in [0.15, 0.2) is 0 Å². The lowest BCUT2D eigenvalue weighted by molar-refractivity contribution is -0.120. The van der Waals surface area contributed by atoms with E-state index in [1.807, 2.05) is 56.3 Å². The standard InChI is InChI=1S/C22H22BrN3OS/c1-15-12-18(16(2)26(15)20-9-7-8-19(23)13-20)14-24-25-22(27)17(3)28-21-10-5-4-6-11-21/h4-14,17H,1-3H3,(H,25,27)/b24-14-/t17-/m1/s1. The molecule has 144 valence electrons. The fourth-order valence-corrected chi connectivity index (χ4v) is 4.21. The third kappa shape index (κ3) is 4.94. The minimum atomic E-state index is -0.228. The van der Waals surface area contributed by atoms with Gasteiger partial charge in [-0.1, -0.05) is 40.2 Å². The van der Waals surface area contributed by atoms with Gasteiger partial charge in [0.2, 0.25) is 0 Å². The van der Waals surface area contributed by atoms with Crippen molar-refractivity contribution in [2.45, 2.75) is 30.9 Å². The Morgan fingerprint density at radius 2 is 1.89 bits per heavy atom. The lowest BCUT2D eigenvalue weighted by Crippen LogP contribution is -2.26. The van der Waals surface area contributed by atoms with Gasteiger partial charge in [0, 0.05) is 32.0 Å². The van der Waals surface area contributed by atoms with Gasteiger partial charge in [-0.05, 0) is 57.2 Å². The van der Waals surface area contributed by atoms with Gasteiger partial charge in [0.05, 0.1) is 11.5 Å². The number of hydrogen-bond acceptors (Lipinski definition) is 3. The first-order chi connectivity index (χ1) is 13.5. The number of aryl methyl sites for hydroxylation is 1. The smallest absolute Gasteiger partial charge is 0.253 e. The number of thioether (sulfide) groups is 1. The van der Waals surface area contributed by atoms with Gasteiger partial charge in [0.1, 0.15) is 0 Å². The molecule has 0 unspecified atom stereocenters. The number of aromatic nitrogens is 1. The number of nitrogens with one attached hydrogen (secondary N) is 1. The van der Waals surface area contributed by atoms with Crippen molar-refractivity contribution in [3.63, 3.8) is 0 Å². The van der Waals surface area contributed by atoms with E-state index in [-0.39, 0.29) is 11.2 Å². The van der Waals surface area contributed by atoms with E-state index in [9.17, 15) is 4.79 Å². The number of carbonyl (C=O) groups excluding carboxylic acids is 1. The fraction of sp³-hybridized carbons (Fsp3) is 0.182. The van der Waals surface area contributed by atoms with E-state index in [2.05, 4.69) is 56.1 Å². The molecule has 3 aromatic rings. The van der Waals surface area contributed by atoms with Crippen molar-refractivity contribution in [3.05, 3.63) is 82.1 Å². The molecule has 0 aliphatic carbocycles. The molecule has 1 amide bonds. The Bertz CT molecular complexity index is 998. The van der Waals surface area contributed by atoms with Gasteiger partial charge < -0.3 is 4.57 Å². The lowest BCUT2D eigenvalue weighted by atomic mass is 10.2. The molecule has 0 saturated carbocycles. The Hall–Kier alpha value is -2.31. The second kappa shape index (κ2) is 9.26. The molecule has 1 aromatic heterocycles. The number of nitrogens with zero attached hydrogens (tertiary/aromatic N) is 2. The Kier molecular flexibility index (Phi) is 6.75. The first-order valence-corrected chi connectivity index (χ1v) is 10.6. The highest BCUT2D eigenvalue weighted by Gasteiger charge is 2.14. The maximum Gasteiger partial charge on any atom is 0.253 e. The number of halogens is 1. The summed E-state index contributed by atoms with van der Waals surface area (Å²) < 4.78 is 3.20. The zero-order chi connectivity index (χ0) is 20.1. The predicted molar refractivity (Wildman–Crippen MR) is 120 cm³/mol. The van der Waals surface area contributed by atoms with Crippen LogP contribution in [0.4, 0.5) is 0 Å². The van der Waals surface area contributed by atoms with E-state index in [1.54, 1.807) is 6.21 Å². The third-order valence-electron chi connectivity index (χ3n) is 4.34. The summed E-state index contributed by atoms with van der Waals surface area (Å²) in [5.41, 5.74) is 6.88. The minimum Gasteiger partial charge on any atom is -0.318 e. The Morgan fingerprint density at radius 3 is 2.61 bits per heavy atom. The average Bonchev–Trinajstić information content (AvgIpc) is 2.96. The summed E-state index contributed by atoms with van der Waals surface area (Å²) in [6.07, 6.45) is 1.70. The number of amides is 1. The highest BCUT2D eigenvalue weighted by Crippen LogP contribution is 2.23. The largest absolute Gasteiger partial charge is 0.318 e. The highest BCUT2D eigenvalue weighted by molar-refractivity contribution is 9.10. The van der Waals surface area contributed by atoms with Crippen LogP contribution in [0.25, 0.3) is 5.69 Å². The van der Waals surface area contributed by atoms with Crippen LogP contribution in [-0.4, -0.2) is 21.9 Å². The number of hydrazone groups is 1. The van der Waals surface area contributed by atoms with E-state index in [0.717, 1.165) is 32.0 Å². The Labute approximate surface area is 178 Å². The van der Waals surface area contributed by atoms with E-state index < -0.39 is 0 Å². The lowest BCUT2D eigenvalue weighted by Gasteiger charge is -2.10. The van der Waals surface area contributed by atoms with Crippen molar-refractivity contribution in [2.75, 3.05) is 0 Å². The molecule has 0 fully saturated rings. The van der Waals surface area contributed by atoms with Crippen molar-refractivity contribution in [1.82, 2.24) is 9.99 Å². The van der Waals surface area contributed by atoms with Gasteiger partial charge in [0.25, 0.3) is 5.91 Å². The van der Waals surface area contributed by atoms with Gasteiger partial charge >= 0.3 is 0 Å². The van der Waals surface area contributed by atoms with Crippen LogP contribution in [-0.2, 0) is 4.79 Å². The SMILES string of the molecule is Cc1cc(/C=N\NC(=O)[C@@H](C)Sc2ccccc2)c(C)n1-c1cccc(Br)c1. The van der Waals surface area contributed by atoms with Gasteiger partial charge in [-0.2, -0.15) is 5.10 Å². The Morgan fingerprint density at radius 1 is 1.14 bits per heavy atom. The molecule has 0 bridgehead atoms. The number of rotatable bonds is 6. The molecular weight excluding hydrogens is 434 g/mol. The van der Waals surface area contributed by atoms with Crippen molar-refractivity contribution >= 4 is 39.8 Å². The molecule has 1 N–H and O–H groups in total. The van der Waals surface area contributed by atoms with Crippen LogP contribution in [0.3, 0.4) is 0 Å². The zero-order valence-electron chi connectivity index (χ0n) is 16.0. The van der Waals surface area contributed by atoms with Crippen LogP contribution in [0.1, 0.15) is 23.9 Å². The van der Waals surface area contributed by atoms with E-state index in [4.69, 9.17) is 0 Å². The maximum absolute atomic E-state index is 12.3. The highest BCUT2D eigenvalue weighted by atomic mass is 79.9. The summed E-state index contributed by atoms with van der Waals surface area (Å²) in [5.74, 6) is -0.120. The van der Waals surface area contributed by atoms with Crippen LogP contribution >= 0.6 is 27.7 Å². The summed E-state index contributed by atoms with van der Waals surface area (Å²) in [6, 6.07) is 20.1. The van der Waals surface area contributed by atoms with Gasteiger partial charge in [-0.3, -0.25) is 4.79 Å².